The lowest BCUT2D eigenvalue weighted by Gasteiger charge is -2.40. The zero-order valence-corrected chi connectivity index (χ0v) is 21.1. The van der Waals surface area contributed by atoms with Crippen LogP contribution in [0.25, 0.3) is 11.3 Å². The van der Waals surface area contributed by atoms with Crippen LogP contribution in [0, 0.1) is 0 Å². The normalized spacial score (nSPS) is 22.4. The van der Waals surface area contributed by atoms with E-state index >= 15 is 0 Å². The average molecular weight is 506 g/mol. The number of hydrogen-bond acceptors (Lipinski definition) is 5. The van der Waals surface area contributed by atoms with E-state index < -0.39 is 0 Å². The number of carbonyl (C=O) groups is 1. The summed E-state index contributed by atoms with van der Waals surface area (Å²) in [7, 11) is 0. The first kappa shape index (κ1) is 24.7. The predicted molar refractivity (Wildman–Crippen MR) is 142 cm³/mol. The van der Waals surface area contributed by atoms with E-state index in [1.807, 2.05) is 48.5 Å². The molecular weight excluding hydrogens is 474 g/mol. The van der Waals surface area contributed by atoms with Crippen LogP contribution in [-0.4, -0.2) is 53.3 Å². The standard InChI is InChI=1S/C28H32ClN5O2/c29-22-8-4-7-21(17-22)28(19-30)11-9-23(10-12-28)34-27(36)24(26(35)33-15-13-31-14-16-33)18-25(32-34)20-5-2-1-3-6-20/h1-8,17-18,23,31H,9-16,19,30H2/t23-,28-. The van der Waals surface area contributed by atoms with E-state index in [1.165, 1.54) is 0 Å². The van der Waals surface area contributed by atoms with Gasteiger partial charge in [-0.05, 0) is 49.4 Å². The van der Waals surface area contributed by atoms with Gasteiger partial charge in [-0.1, -0.05) is 54.1 Å². The Labute approximate surface area is 216 Å². The van der Waals surface area contributed by atoms with Gasteiger partial charge in [0.25, 0.3) is 11.5 Å². The van der Waals surface area contributed by atoms with Crippen molar-refractivity contribution in [3.8, 4) is 11.3 Å². The molecule has 0 unspecified atom stereocenters. The zero-order valence-electron chi connectivity index (χ0n) is 20.3. The second kappa shape index (κ2) is 10.5. The number of amides is 1. The first-order chi connectivity index (χ1) is 17.5. The van der Waals surface area contributed by atoms with Crippen LogP contribution >= 0.6 is 11.6 Å². The van der Waals surface area contributed by atoms with Crippen molar-refractivity contribution >= 4 is 17.5 Å². The molecule has 7 nitrogen and oxygen atoms in total. The summed E-state index contributed by atoms with van der Waals surface area (Å²) in [6, 6.07) is 19.2. The Morgan fingerprint density at radius 3 is 2.44 bits per heavy atom. The van der Waals surface area contributed by atoms with Crippen molar-refractivity contribution in [3.05, 3.63) is 87.2 Å². The van der Waals surface area contributed by atoms with Crippen LogP contribution in [-0.2, 0) is 5.41 Å². The number of nitrogens with two attached hydrogens (primary N) is 1. The highest BCUT2D eigenvalue weighted by atomic mass is 35.5. The van der Waals surface area contributed by atoms with Crippen LogP contribution in [0.5, 0.6) is 0 Å². The number of nitrogens with zero attached hydrogens (tertiary/aromatic N) is 3. The topological polar surface area (TPSA) is 93.2 Å². The summed E-state index contributed by atoms with van der Waals surface area (Å²) in [6.07, 6.45) is 3.13. The third-order valence-electron chi connectivity index (χ3n) is 7.73. The Morgan fingerprint density at radius 1 is 1.06 bits per heavy atom. The maximum Gasteiger partial charge on any atom is 0.279 e. The molecule has 1 aliphatic heterocycles. The maximum absolute atomic E-state index is 13.7. The van der Waals surface area contributed by atoms with Crippen LogP contribution in [0.2, 0.25) is 5.02 Å². The Bertz CT molecular complexity index is 1280. The van der Waals surface area contributed by atoms with Crippen molar-refractivity contribution in [2.24, 2.45) is 5.73 Å². The van der Waals surface area contributed by atoms with Gasteiger partial charge >= 0.3 is 0 Å². The number of aromatic nitrogens is 2. The second-order valence-electron chi connectivity index (χ2n) is 9.83. The third kappa shape index (κ3) is 4.83. The van der Waals surface area contributed by atoms with Crippen molar-refractivity contribution in [1.29, 1.82) is 0 Å². The molecule has 1 aliphatic carbocycles. The van der Waals surface area contributed by atoms with Gasteiger partial charge in [-0.25, -0.2) is 4.68 Å². The summed E-state index contributed by atoms with van der Waals surface area (Å²) >= 11 is 6.28. The van der Waals surface area contributed by atoms with Gasteiger partial charge in [-0.3, -0.25) is 9.59 Å². The average Bonchev–Trinajstić information content (AvgIpc) is 2.94. The molecule has 5 rings (SSSR count). The lowest BCUT2D eigenvalue weighted by molar-refractivity contribution is 0.0732. The molecule has 2 aromatic carbocycles. The van der Waals surface area contributed by atoms with Gasteiger partial charge in [-0.15, -0.1) is 0 Å². The molecule has 2 fully saturated rings. The minimum absolute atomic E-state index is 0.102. The first-order valence-corrected chi connectivity index (χ1v) is 13.0. The number of rotatable bonds is 5. The minimum Gasteiger partial charge on any atom is -0.336 e. The Hall–Kier alpha value is -3.00. The number of hydrogen-bond donors (Lipinski definition) is 2. The van der Waals surface area contributed by atoms with E-state index in [2.05, 4.69) is 11.4 Å². The molecular formula is C28H32ClN5O2. The summed E-state index contributed by atoms with van der Waals surface area (Å²) in [5, 5.41) is 8.74. The number of nitrogens with one attached hydrogen (secondary N) is 1. The van der Waals surface area contributed by atoms with Gasteiger partial charge in [0.2, 0.25) is 0 Å². The second-order valence-corrected chi connectivity index (χ2v) is 10.3. The quantitative estimate of drug-likeness (QED) is 0.552. The molecule has 36 heavy (non-hydrogen) atoms. The van der Waals surface area contributed by atoms with E-state index in [1.54, 1.807) is 15.6 Å². The minimum atomic E-state index is -0.314. The lowest BCUT2D eigenvalue weighted by Crippen LogP contribution is -2.48. The highest BCUT2D eigenvalue weighted by Gasteiger charge is 2.37. The molecule has 1 saturated carbocycles. The Kier molecular flexibility index (Phi) is 7.23. The number of carbonyl (C=O) groups excluding carboxylic acids is 1. The molecule has 0 spiro atoms. The summed E-state index contributed by atoms with van der Waals surface area (Å²) in [6.45, 7) is 3.14. The summed E-state index contributed by atoms with van der Waals surface area (Å²) in [4.78, 5) is 28.9. The fourth-order valence-corrected chi connectivity index (χ4v) is 5.72. The maximum atomic E-state index is 13.7. The molecule has 1 saturated heterocycles. The summed E-state index contributed by atoms with van der Waals surface area (Å²) in [5.74, 6) is -0.221. The molecule has 188 valence electrons. The van der Waals surface area contributed by atoms with Gasteiger partial charge in [-0.2, -0.15) is 5.10 Å². The lowest BCUT2D eigenvalue weighted by atomic mass is 9.68. The van der Waals surface area contributed by atoms with Crippen molar-refractivity contribution in [1.82, 2.24) is 20.0 Å². The SMILES string of the molecule is NC[C@]1(c2cccc(Cl)c2)CC[C@H](n2nc(-c3ccccc3)cc(C(=O)N3CCNCC3)c2=O)CC1. The zero-order chi connectivity index (χ0) is 25.1. The molecule has 2 aliphatic rings. The fraction of sp³-hybridized carbons (Fsp3) is 0.393. The van der Waals surface area contributed by atoms with E-state index in [-0.39, 0.29) is 28.5 Å². The molecule has 0 bridgehead atoms. The van der Waals surface area contributed by atoms with Crippen molar-refractivity contribution < 1.29 is 4.79 Å². The first-order valence-electron chi connectivity index (χ1n) is 12.7. The summed E-state index contributed by atoms with van der Waals surface area (Å²) in [5.41, 5.74) is 8.66. The van der Waals surface area contributed by atoms with E-state index in [9.17, 15) is 9.59 Å². The van der Waals surface area contributed by atoms with Crippen LogP contribution < -0.4 is 16.6 Å². The molecule has 3 N–H and O–H groups in total. The molecule has 8 heteroatoms. The third-order valence-corrected chi connectivity index (χ3v) is 7.96. The molecule has 2 heterocycles. The van der Waals surface area contributed by atoms with Crippen molar-refractivity contribution in [2.75, 3.05) is 32.7 Å². The van der Waals surface area contributed by atoms with Crippen LogP contribution in [0.3, 0.4) is 0 Å². The smallest absolute Gasteiger partial charge is 0.279 e. The molecule has 1 aromatic heterocycles. The molecule has 3 aromatic rings. The number of piperazine rings is 1. The van der Waals surface area contributed by atoms with Crippen LogP contribution in [0.1, 0.15) is 47.6 Å². The van der Waals surface area contributed by atoms with Gasteiger partial charge in [0.15, 0.2) is 0 Å². The van der Waals surface area contributed by atoms with E-state index in [0.29, 0.717) is 30.4 Å². The van der Waals surface area contributed by atoms with E-state index in [0.717, 1.165) is 49.9 Å². The van der Waals surface area contributed by atoms with Gasteiger partial charge in [0.1, 0.15) is 5.56 Å². The molecule has 0 radical (unpaired) electrons. The van der Waals surface area contributed by atoms with Gasteiger partial charge in [0, 0.05) is 48.7 Å². The highest BCUT2D eigenvalue weighted by molar-refractivity contribution is 6.30. The largest absolute Gasteiger partial charge is 0.336 e. The van der Waals surface area contributed by atoms with Crippen LogP contribution in [0.4, 0.5) is 0 Å². The number of benzene rings is 2. The van der Waals surface area contributed by atoms with E-state index in [4.69, 9.17) is 22.4 Å². The van der Waals surface area contributed by atoms with Gasteiger partial charge < -0.3 is 16.0 Å². The van der Waals surface area contributed by atoms with Crippen molar-refractivity contribution in [3.63, 3.8) is 0 Å². The highest BCUT2D eigenvalue weighted by Crippen LogP contribution is 2.42. The molecule has 1 amide bonds. The Balaban J connectivity index is 1.49. The fourth-order valence-electron chi connectivity index (χ4n) is 5.53. The summed E-state index contributed by atoms with van der Waals surface area (Å²) < 4.78 is 1.57. The molecule has 0 atom stereocenters. The van der Waals surface area contributed by atoms with Crippen molar-refractivity contribution in [2.45, 2.75) is 37.1 Å². The van der Waals surface area contributed by atoms with Crippen LogP contribution in [0.15, 0.2) is 65.5 Å². The van der Waals surface area contributed by atoms with Gasteiger partial charge in [0.05, 0.1) is 11.7 Å². The number of halogens is 1. The predicted octanol–water partition coefficient (Wildman–Crippen LogP) is 3.62. The Morgan fingerprint density at radius 2 is 1.78 bits per heavy atom. The monoisotopic (exact) mass is 505 g/mol.